The number of ether oxygens (including phenoxy) is 2. The Kier molecular flexibility index (Phi) is 8.05. The number of alkyl halides is 2. The van der Waals surface area contributed by atoms with Gasteiger partial charge >= 0.3 is 12.7 Å². The van der Waals surface area contributed by atoms with E-state index in [2.05, 4.69) is 41.3 Å². The molecule has 0 aliphatic heterocycles. The van der Waals surface area contributed by atoms with Gasteiger partial charge in [-0.1, -0.05) is 28.1 Å². The molecular weight excluding hydrogens is 560 g/mol. The van der Waals surface area contributed by atoms with E-state index in [9.17, 15) is 13.6 Å². The molecule has 1 amide bonds. The molecule has 1 fully saturated rings. The summed E-state index contributed by atoms with van der Waals surface area (Å²) in [6.45, 7) is 2.71. The Hall–Kier alpha value is -3.47. The zero-order chi connectivity index (χ0) is 27.5. The zero-order valence-electron chi connectivity index (χ0n) is 21.4. The molecule has 3 aromatic rings. The normalized spacial score (nSPS) is 14.5. The largest absolute Gasteiger partial charge is 0.444 e. The summed E-state index contributed by atoms with van der Waals surface area (Å²) in [5.41, 5.74) is 8.14. The molecule has 0 bridgehead atoms. The van der Waals surface area contributed by atoms with E-state index >= 15 is 0 Å². The predicted octanol–water partition coefficient (Wildman–Crippen LogP) is 6.61. The van der Waals surface area contributed by atoms with Crippen LogP contribution in [0.3, 0.4) is 0 Å². The highest BCUT2D eigenvalue weighted by Crippen LogP contribution is 2.40. The second-order valence-electron chi connectivity index (χ2n) is 10.1. The van der Waals surface area contributed by atoms with Gasteiger partial charge in [0.05, 0.1) is 11.4 Å². The molecular formula is C27H30BrF2N5O3. The second kappa shape index (κ2) is 11.1. The first-order chi connectivity index (χ1) is 18.0. The van der Waals surface area contributed by atoms with Crippen LogP contribution in [0.4, 0.5) is 25.0 Å². The Labute approximate surface area is 228 Å². The third kappa shape index (κ3) is 6.50. The first-order valence-corrected chi connectivity index (χ1v) is 12.9. The van der Waals surface area contributed by atoms with Crippen LogP contribution in [0.2, 0.25) is 0 Å². The molecule has 0 saturated heterocycles. The number of hydrogen-bond donors (Lipinski definition) is 3. The van der Waals surface area contributed by atoms with Gasteiger partial charge in [-0.2, -0.15) is 8.78 Å². The smallest absolute Gasteiger partial charge is 0.408 e. The van der Waals surface area contributed by atoms with Crippen LogP contribution in [0.15, 0.2) is 53.3 Å². The van der Waals surface area contributed by atoms with Crippen molar-refractivity contribution in [1.82, 2.24) is 15.3 Å². The van der Waals surface area contributed by atoms with Crippen molar-refractivity contribution in [3.63, 3.8) is 0 Å². The minimum atomic E-state index is -2.93. The van der Waals surface area contributed by atoms with Crippen molar-refractivity contribution in [3.05, 3.63) is 64.7 Å². The number of benzene rings is 2. The quantitative estimate of drug-likeness (QED) is 0.253. The molecule has 0 spiro atoms. The van der Waals surface area contributed by atoms with Crippen LogP contribution in [0.5, 0.6) is 5.75 Å². The number of carbonyl (C=O) groups excluding carboxylic acids is 1. The number of nitrogens with two attached hydrogens (primary N) is 1. The van der Waals surface area contributed by atoms with E-state index in [1.807, 2.05) is 32.9 Å². The number of anilines is 2. The third-order valence-electron chi connectivity index (χ3n) is 6.16. The lowest BCUT2D eigenvalue weighted by Gasteiger charge is -2.41. The third-order valence-corrected chi connectivity index (χ3v) is 6.90. The Balaban J connectivity index is 1.51. The van der Waals surface area contributed by atoms with E-state index < -0.39 is 23.8 Å². The van der Waals surface area contributed by atoms with Crippen LogP contribution < -0.4 is 21.1 Å². The summed E-state index contributed by atoms with van der Waals surface area (Å²) < 4.78 is 36.4. The van der Waals surface area contributed by atoms with Crippen LogP contribution in [0.1, 0.15) is 51.4 Å². The van der Waals surface area contributed by atoms with Crippen molar-refractivity contribution in [1.29, 1.82) is 0 Å². The molecule has 2 aromatic carbocycles. The number of nitrogens with zero attached hydrogens (tertiary/aromatic N) is 2. The van der Waals surface area contributed by atoms with Gasteiger partial charge in [0.15, 0.2) is 5.82 Å². The molecule has 1 aromatic heterocycles. The highest BCUT2D eigenvalue weighted by molar-refractivity contribution is 9.10. The van der Waals surface area contributed by atoms with E-state index in [1.165, 1.54) is 6.07 Å². The highest BCUT2D eigenvalue weighted by Gasteiger charge is 2.43. The summed E-state index contributed by atoms with van der Waals surface area (Å²) in [6, 6.07) is 10.3. The summed E-state index contributed by atoms with van der Waals surface area (Å²) in [5, 5.41) is 6.16. The maximum atomic E-state index is 12.8. The number of halogens is 3. The van der Waals surface area contributed by atoms with E-state index in [4.69, 9.17) is 10.5 Å². The fourth-order valence-electron chi connectivity index (χ4n) is 4.15. The average Bonchev–Trinajstić information content (AvgIpc) is 2.81. The van der Waals surface area contributed by atoms with Crippen LogP contribution in [0, 0.1) is 0 Å². The fourth-order valence-corrected chi connectivity index (χ4v) is 4.64. The summed E-state index contributed by atoms with van der Waals surface area (Å²) >= 11 is 3.40. The second-order valence-corrected chi connectivity index (χ2v) is 11.0. The number of amides is 1. The SMILES string of the molecule is CC(C)(C)OC(=O)NC1(c2ncc(-c3ccc(N)c(NCc4c(Br)cccc4OC(F)F)c3)cn2)CCC1. The van der Waals surface area contributed by atoms with Crippen molar-refractivity contribution in [2.75, 3.05) is 11.1 Å². The minimum Gasteiger partial charge on any atom is -0.444 e. The lowest BCUT2D eigenvalue weighted by atomic mass is 9.76. The molecule has 11 heteroatoms. The maximum Gasteiger partial charge on any atom is 0.408 e. The lowest BCUT2D eigenvalue weighted by Crippen LogP contribution is -2.53. The van der Waals surface area contributed by atoms with Crippen molar-refractivity contribution >= 4 is 33.4 Å². The monoisotopic (exact) mass is 589 g/mol. The molecule has 38 heavy (non-hydrogen) atoms. The van der Waals surface area contributed by atoms with Gasteiger partial charge in [-0.15, -0.1) is 0 Å². The van der Waals surface area contributed by atoms with Crippen molar-refractivity contribution in [2.45, 2.75) is 64.3 Å². The molecule has 1 aliphatic carbocycles. The number of alkyl carbamates (subject to hydrolysis) is 1. The predicted molar refractivity (Wildman–Crippen MR) is 145 cm³/mol. The first kappa shape index (κ1) is 27.6. The van der Waals surface area contributed by atoms with Gasteiger partial charge in [0, 0.05) is 34.5 Å². The van der Waals surface area contributed by atoms with Crippen LogP contribution in [-0.4, -0.2) is 28.3 Å². The number of aromatic nitrogens is 2. The fraction of sp³-hybridized carbons (Fsp3) is 0.370. The van der Waals surface area contributed by atoms with Gasteiger partial charge < -0.3 is 25.8 Å². The van der Waals surface area contributed by atoms with Gasteiger partial charge in [-0.25, -0.2) is 14.8 Å². The maximum absolute atomic E-state index is 12.8. The number of nitrogens with one attached hydrogen (secondary N) is 2. The number of rotatable bonds is 8. The number of carbonyl (C=O) groups is 1. The average molecular weight is 590 g/mol. The molecule has 0 atom stereocenters. The molecule has 1 saturated carbocycles. The molecule has 0 radical (unpaired) electrons. The molecule has 0 unspecified atom stereocenters. The highest BCUT2D eigenvalue weighted by atomic mass is 79.9. The van der Waals surface area contributed by atoms with Gasteiger partial charge in [-0.05, 0) is 69.9 Å². The van der Waals surface area contributed by atoms with Gasteiger partial charge in [-0.3, -0.25) is 0 Å². The van der Waals surface area contributed by atoms with Gasteiger partial charge in [0.1, 0.15) is 16.9 Å². The Bertz CT molecular complexity index is 1290. The molecule has 202 valence electrons. The molecule has 4 rings (SSSR count). The molecule has 1 heterocycles. The van der Waals surface area contributed by atoms with Crippen molar-refractivity contribution < 1.29 is 23.0 Å². The summed E-state index contributed by atoms with van der Waals surface area (Å²) in [6.07, 6.45) is 5.33. The van der Waals surface area contributed by atoms with E-state index in [0.29, 0.717) is 27.2 Å². The molecule has 4 N–H and O–H groups in total. The standard InChI is InChI=1S/C27H30BrF2N5O3/c1-26(2,3)38-25(36)35-27(10-5-11-27)23-33-13-17(14-34-23)16-8-9-20(31)21(12-16)32-15-18-19(28)6-4-7-22(18)37-24(29)30/h4,6-9,12-14,24,32H,5,10-11,15,31H2,1-3H3,(H,35,36). The van der Waals surface area contributed by atoms with E-state index in [0.717, 1.165) is 30.4 Å². The Morgan fingerprint density at radius 2 is 1.87 bits per heavy atom. The summed E-state index contributed by atoms with van der Waals surface area (Å²) in [4.78, 5) is 21.5. The Morgan fingerprint density at radius 1 is 1.16 bits per heavy atom. The lowest BCUT2D eigenvalue weighted by molar-refractivity contribution is -0.0504. The van der Waals surface area contributed by atoms with E-state index in [1.54, 1.807) is 30.6 Å². The first-order valence-electron chi connectivity index (χ1n) is 12.2. The zero-order valence-corrected chi connectivity index (χ0v) is 22.9. The van der Waals surface area contributed by atoms with Crippen LogP contribution in [0.25, 0.3) is 11.1 Å². The summed E-state index contributed by atoms with van der Waals surface area (Å²) in [7, 11) is 0. The van der Waals surface area contributed by atoms with Crippen molar-refractivity contribution in [3.8, 4) is 16.9 Å². The molecule has 1 aliphatic rings. The molecule has 8 nitrogen and oxygen atoms in total. The van der Waals surface area contributed by atoms with Crippen LogP contribution >= 0.6 is 15.9 Å². The number of nitrogen functional groups attached to an aromatic ring is 1. The minimum absolute atomic E-state index is 0.0745. The summed E-state index contributed by atoms with van der Waals surface area (Å²) in [5.74, 6) is 0.609. The van der Waals surface area contributed by atoms with Crippen LogP contribution in [-0.2, 0) is 16.8 Å². The van der Waals surface area contributed by atoms with Crippen molar-refractivity contribution in [2.24, 2.45) is 0 Å². The topological polar surface area (TPSA) is 111 Å². The van der Waals surface area contributed by atoms with Gasteiger partial charge in [0.25, 0.3) is 0 Å². The Morgan fingerprint density at radius 3 is 2.47 bits per heavy atom. The van der Waals surface area contributed by atoms with E-state index in [-0.39, 0.29) is 12.3 Å². The number of hydrogen-bond acceptors (Lipinski definition) is 7. The van der Waals surface area contributed by atoms with Gasteiger partial charge in [0.2, 0.25) is 0 Å².